The second kappa shape index (κ2) is 10.0. The van der Waals surface area contributed by atoms with Gasteiger partial charge in [0.05, 0.1) is 10.7 Å². The highest BCUT2D eigenvalue weighted by Crippen LogP contribution is 2.26. The SMILES string of the molecule is CC1CCN(c2ccc(-c3ccc(NC(=O)C(C)Oc4ccccc4Cl)cc3)nn2)CC1. The number of benzene rings is 2. The number of amides is 1. The van der Waals surface area contributed by atoms with Gasteiger partial charge in [0, 0.05) is 24.3 Å². The van der Waals surface area contributed by atoms with E-state index in [1.54, 1.807) is 19.1 Å². The number of aromatic nitrogens is 2. The second-order valence-electron chi connectivity index (χ2n) is 8.20. The van der Waals surface area contributed by atoms with Gasteiger partial charge < -0.3 is 15.0 Å². The van der Waals surface area contributed by atoms with Crippen molar-refractivity contribution < 1.29 is 9.53 Å². The molecule has 1 unspecified atom stereocenters. The average Bonchev–Trinajstić information content (AvgIpc) is 2.82. The Bertz CT molecular complexity index is 1050. The molecule has 4 rings (SSSR count). The number of nitrogens with one attached hydrogen (secondary N) is 1. The van der Waals surface area contributed by atoms with Crippen molar-refractivity contribution in [3.05, 3.63) is 65.7 Å². The Balaban J connectivity index is 1.35. The smallest absolute Gasteiger partial charge is 0.265 e. The molecule has 2 heterocycles. The molecule has 0 radical (unpaired) electrons. The van der Waals surface area contributed by atoms with E-state index in [9.17, 15) is 4.79 Å². The number of ether oxygens (including phenoxy) is 1. The van der Waals surface area contributed by atoms with Crippen LogP contribution in [0.4, 0.5) is 11.5 Å². The van der Waals surface area contributed by atoms with Gasteiger partial charge in [0.1, 0.15) is 5.75 Å². The number of anilines is 2. The van der Waals surface area contributed by atoms with Crippen LogP contribution in [0, 0.1) is 5.92 Å². The summed E-state index contributed by atoms with van der Waals surface area (Å²) in [6.07, 6.45) is 1.70. The minimum Gasteiger partial charge on any atom is -0.479 e. The van der Waals surface area contributed by atoms with Gasteiger partial charge in [0.2, 0.25) is 0 Å². The first-order valence-electron chi connectivity index (χ1n) is 10.9. The van der Waals surface area contributed by atoms with Gasteiger partial charge in [-0.05, 0) is 62.1 Å². The van der Waals surface area contributed by atoms with E-state index in [1.165, 1.54) is 12.8 Å². The van der Waals surface area contributed by atoms with Crippen LogP contribution in [0.1, 0.15) is 26.7 Å². The number of hydrogen-bond donors (Lipinski definition) is 1. The van der Waals surface area contributed by atoms with E-state index in [0.29, 0.717) is 16.5 Å². The summed E-state index contributed by atoms with van der Waals surface area (Å²) in [6, 6.07) is 18.6. The molecule has 7 heteroatoms. The zero-order valence-electron chi connectivity index (χ0n) is 18.3. The summed E-state index contributed by atoms with van der Waals surface area (Å²) in [5, 5.41) is 12.2. The highest BCUT2D eigenvalue weighted by atomic mass is 35.5. The third kappa shape index (κ3) is 5.37. The molecule has 0 spiro atoms. The maximum absolute atomic E-state index is 12.5. The van der Waals surface area contributed by atoms with E-state index in [2.05, 4.69) is 27.3 Å². The van der Waals surface area contributed by atoms with Gasteiger partial charge in [-0.25, -0.2) is 0 Å². The first-order chi connectivity index (χ1) is 15.5. The Morgan fingerprint density at radius 3 is 2.44 bits per heavy atom. The van der Waals surface area contributed by atoms with Crippen molar-refractivity contribution in [2.45, 2.75) is 32.8 Å². The molecule has 1 N–H and O–H groups in total. The minimum atomic E-state index is -0.689. The third-order valence-corrected chi connectivity index (χ3v) is 6.03. The van der Waals surface area contributed by atoms with Crippen LogP contribution in [0.25, 0.3) is 11.3 Å². The van der Waals surface area contributed by atoms with E-state index in [4.69, 9.17) is 16.3 Å². The third-order valence-electron chi connectivity index (χ3n) is 5.72. The highest BCUT2D eigenvalue weighted by molar-refractivity contribution is 6.32. The molecule has 1 fully saturated rings. The predicted molar refractivity (Wildman–Crippen MR) is 128 cm³/mol. The van der Waals surface area contributed by atoms with Crippen LogP contribution in [0.2, 0.25) is 5.02 Å². The summed E-state index contributed by atoms with van der Waals surface area (Å²) < 4.78 is 5.67. The topological polar surface area (TPSA) is 67.4 Å². The lowest BCUT2D eigenvalue weighted by Gasteiger charge is -2.30. The van der Waals surface area contributed by atoms with Crippen LogP contribution in [-0.2, 0) is 4.79 Å². The zero-order chi connectivity index (χ0) is 22.5. The van der Waals surface area contributed by atoms with E-state index in [0.717, 1.165) is 36.1 Å². The number of para-hydroxylation sites is 1. The fourth-order valence-corrected chi connectivity index (χ4v) is 3.82. The Kier molecular flexibility index (Phi) is 6.90. The summed E-state index contributed by atoms with van der Waals surface area (Å²) >= 11 is 6.10. The lowest BCUT2D eigenvalue weighted by Crippen LogP contribution is -2.33. The van der Waals surface area contributed by atoms with Gasteiger partial charge in [0.25, 0.3) is 5.91 Å². The molecule has 32 heavy (non-hydrogen) atoms. The van der Waals surface area contributed by atoms with Crippen LogP contribution in [-0.4, -0.2) is 35.3 Å². The van der Waals surface area contributed by atoms with E-state index in [1.807, 2.05) is 48.5 Å². The molecule has 1 atom stereocenters. The quantitative estimate of drug-likeness (QED) is 0.541. The van der Waals surface area contributed by atoms with Gasteiger partial charge in [0.15, 0.2) is 11.9 Å². The van der Waals surface area contributed by atoms with Crippen LogP contribution in [0.15, 0.2) is 60.7 Å². The molecule has 1 saturated heterocycles. The number of carbonyl (C=O) groups is 1. The van der Waals surface area contributed by atoms with Gasteiger partial charge in [-0.2, -0.15) is 0 Å². The molecule has 1 aliphatic rings. The summed E-state index contributed by atoms with van der Waals surface area (Å²) in [7, 11) is 0. The second-order valence-corrected chi connectivity index (χ2v) is 8.61. The van der Waals surface area contributed by atoms with Crippen LogP contribution < -0.4 is 15.0 Å². The van der Waals surface area contributed by atoms with Gasteiger partial charge in [-0.3, -0.25) is 4.79 Å². The predicted octanol–water partition coefficient (Wildman–Crippen LogP) is 5.44. The lowest BCUT2D eigenvalue weighted by molar-refractivity contribution is -0.122. The van der Waals surface area contributed by atoms with Crippen molar-refractivity contribution in [1.82, 2.24) is 10.2 Å². The largest absolute Gasteiger partial charge is 0.479 e. The zero-order valence-corrected chi connectivity index (χ0v) is 19.0. The van der Waals surface area contributed by atoms with E-state index >= 15 is 0 Å². The minimum absolute atomic E-state index is 0.252. The van der Waals surface area contributed by atoms with Crippen LogP contribution in [0.3, 0.4) is 0 Å². The molecular weight excluding hydrogens is 424 g/mol. The maximum atomic E-state index is 12.5. The Morgan fingerprint density at radius 2 is 1.78 bits per heavy atom. The fourth-order valence-electron chi connectivity index (χ4n) is 3.64. The van der Waals surface area contributed by atoms with Crippen LogP contribution >= 0.6 is 11.6 Å². The number of carbonyl (C=O) groups excluding carboxylic acids is 1. The molecule has 6 nitrogen and oxygen atoms in total. The molecular formula is C25H27ClN4O2. The molecule has 0 saturated carbocycles. The molecule has 2 aromatic carbocycles. The highest BCUT2D eigenvalue weighted by Gasteiger charge is 2.18. The normalized spacial score (nSPS) is 15.3. The maximum Gasteiger partial charge on any atom is 0.265 e. The van der Waals surface area contributed by atoms with Gasteiger partial charge in [-0.15, -0.1) is 10.2 Å². The van der Waals surface area contributed by atoms with Gasteiger partial charge in [-0.1, -0.05) is 42.8 Å². The molecule has 0 bridgehead atoms. The summed E-state index contributed by atoms with van der Waals surface area (Å²) in [6.45, 7) is 6.04. The number of nitrogens with zero attached hydrogens (tertiary/aromatic N) is 3. The summed E-state index contributed by atoms with van der Waals surface area (Å²) in [5.74, 6) is 1.94. The monoisotopic (exact) mass is 450 g/mol. The van der Waals surface area contributed by atoms with Crippen molar-refractivity contribution in [1.29, 1.82) is 0 Å². The molecule has 3 aromatic rings. The van der Waals surface area contributed by atoms with E-state index in [-0.39, 0.29) is 5.91 Å². The van der Waals surface area contributed by atoms with Crippen molar-refractivity contribution in [3.63, 3.8) is 0 Å². The van der Waals surface area contributed by atoms with Gasteiger partial charge >= 0.3 is 0 Å². The van der Waals surface area contributed by atoms with Crippen molar-refractivity contribution in [2.75, 3.05) is 23.3 Å². The standard InChI is InChI=1S/C25H27ClN4O2/c1-17-13-15-30(16-14-17)24-12-11-22(28-29-24)19-7-9-20(10-8-19)27-25(31)18(2)32-23-6-4-3-5-21(23)26/h3-12,17-18H,13-16H2,1-2H3,(H,27,31). The molecule has 1 amide bonds. The molecule has 1 aromatic heterocycles. The summed E-state index contributed by atoms with van der Waals surface area (Å²) in [5.41, 5.74) is 2.42. The molecule has 166 valence electrons. The number of hydrogen-bond acceptors (Lipinski definition) is 5. The lowest BCUT2D eigenvalue weighted by atomic mass is 9.99. The molecule has 0 aliphatic carbocycles. The fraction of sp³-hybridized carbons (Fsp3) is 0.320. The molecule has 1 aliphatic heterocycles. The van der Waals surface area contributed by atoms with Crippen molar-refractivity contribution >= 4 is 29.0 Å². The Labute approximate surface area is 193 Å². The number of rotatable bonds is 6. The Morgan fingerprint density at radius 1 is 1.06 bits per heavy atom. The van der Waals surface area contributed by atoms with Crippen LogP contribution in [0.5, 0.6) is 5.75 Å². The first-order valence-corrected chi connectivity index (χ1v) is 11.3. The summed E-state index contributed by atoms with van der Waals surface area (Å²) in [4.78, 5) is 14.8. The number of halogens is 1. The first kappa shape index (κ1) is 22.1. The number of piperidine rings is 1. The average molecular weight is 451 g/mol. The van der Waals surface area contributed by atoms with Crippen molar-refractivity contribution in [3.8, 4) is 17.0 Å². The Hall–Kier alpha value is -3.12. The van der Waals surface area contributed by atoms with Crippen molar-refractivity contribution in [2.24, 2.45) is 5.92 Å². The van der Waals surface area contributed by atoms with E-state index < -0.39 is 6.10 Å².